The van der Waals surface area contributed by atoms with E-state index in [1.165, 1.54) is 11.1 Å². The van der Waals surface area contributed by atoms with Gasteiger partial charge < -0.3 is 4.90 Å². The molecular weight excluding hydrogens is 190 g/mol. The first kappa shape index (κ1) is 11.6. The third kappa shape index (κ3) is 3.35. The SMILES string of the molecule is [CH2]CC(S)c1cccc(CN(C)C)c1. The molecule has 0 aliphatic rings. The third-order valence-corrected chi connectivity index (χ3v) is 2.66. The van der Waals surface area contributed by atoms with Crippen LogP contribution in [0.1, 0.15) is 22.8 Å². The van der Waals surface area contributed by atoms with Crippen LogP contribution < -0.4 is 0 Å². The van der Waals surface area contributed by atoms with E-state index < -0.39 is 0 Å². The molecule has 0 aromatic heterocycles. The Balaban J connectivity index is 2.78. The summed E-state index contributed by atoms with van der Waals surface area (Å²) in [5.41, 5.74) is 2.60. The Morgan fingerprint density at radius 1 is 1.43 bits per heavy atom. The van der Waals surface area contributed by atoms with Crippen LogP contribution in [0, 0.1) is 6.92 Å². The predicted molar refractivity (Wildman–Crippen MR) is 65.5 cm³/mol. The molecule has 1 rings (SSSR count). The van der Waals surface area contributed by atoms with Crippen molar-refractivity contribution in [3.63, 3.8) is 0 Å². The highest BCUT2D eigenvalue weighted by molar-refractivity contribution is 7.80. The van der Waals surface area contributed by atoms with Gasteiger partial charge in [-0.1, -0.05) is 31.2 Å². The van der Waals surface area contributed by atoms with Crippen LogP contribution in [0.5, 0.6) is 0 Å². The van der Waals surface area contributed by atoms with Gasteiger partial charge in [0.2, 0.25) is 0 Å². The lowest BCUT2D eigenvalue weighted by molar-refractivity contribution is 0.402. The molecule has 0 aliphatic carbocycles. The van der Waals surface area contributed by atoms with Crippen molar-refractivity contribution in [3.05, 3.63) is 42.3 Å². The highest BCUT2D eigenvalue weighted by atomic mass is 32.1. The zero-order valence-electron chi connectivity index (χ0n) is 8.90. The van der Waals surface area contributed by atoms with Crippen molar-refractivity contribution in [3.8, 4) is 0 Å². The van der Waals surface area contributed by atoms with Crippen molar-refractivity contribution in [1.29, 1.82) is 0 Å². The first-order chi connectivity index (χ1) is 6.63. The van der Waals surface area contributed by atoms with E-state index in [1.807, 2.05) is 0 Å². The fraction of sp³-hybridized carbons (Fsp3) is 0.417. The van der Waals surface area contributed by atoms with Gasteiger partial charge in [0, 0.05) is 11.8 Å². The molecule has 14 heavy (non-hydrogen) atoms. The molecular formula is C12H18NS. The molecule has 1 nitrogen and oxygen atoms in total. The Morgan fingerprint density at radius 3 is 2.71 bits per heavy atom. The van der Waals surface area contributed by atoms with Gasteiger partial charge in [0.05, 0.1) is 0 Å². The fourth-order valence-corrected chi connectivity index (χ4v) is 1.59. The molecule has 1 aromatic rings. The minimum atomic E-state index is 0.261. The monoisotopic (exact) mass is 208 g/mol. The summed E-state index contributed by atoms with van der Waals surface area (Å²) in [5.74, 6) is 0. The van der Waals surface area contributed by atoms with Crippen LogP contribution in [0.2, 0.25) is 0 Å². The number of benzene rings is 1. The Bertz CT molecular complexity index is 283. The highest BCUT2D eigenvalue weighted by Gasteiger charge is 2.04. The molecule has 0 N–H and O–H groups in total. The molecule has 0 saturated carbocycles. The zero-order chi connectivity index (χ0) is 10.6. The summed E-state index contributed by atoms with van der Waals surface area (Å²) in [6.45, 7) is 4.84. The lowest BCUT2D eigenvalue weighted by Gasteiger charge is -2.13. The summed E-state index contributed by atoms with van der Waals surface area (Å²) in [4.78, 5) is 2.16. The summed E-state index contributed by atoms with van der Waals surface area (Å²) >= 11 is 4.48. The molecule has 0 amide bonds. The number of hydrogen-bond donors (Lipinski definition) is 1. The number of nitrogens with zero attached hydrogens (tertiary/aromatic N) is 1. The maximum atomic E-state index is 4.48. The average molecular weight is 208 g/mol. The van der Waals surface area contributed by atoms with E-state index in [0.717, 1.165) is 13.0 Å². The fourth-order valence-electron chi connectivity index (χ4n) is 1.43. The van der Waals surface area contributed by atoms with Crippen molar-refractivity contribution in [1.82, 2.24) is 4.90 Å². The maximum absolute atomic E-state index is 4.48. The van der Waals surface area contributed by atoms with Crippen LogP contribution in [0.15, 0.2) is 24.3 Å². The van der Waals surface area contributed by atoms with Gasteiger partial charge in [-0.3, -0.25) is 0 Å². The van der Waals surface area contributed by atoms with E-state index in [4.69, 9.17) is 0 Å². The van der Waals surface area contributed by atoms with Crippen LogP contribution in [0.4, 0.5) is 0 Å². The van der Waals surface area contributed by atoms with E-state index >= 15 is 0 Å². The quantitative estimate of drug-likeness (QED) is 0.745. The predicted octanol–water partition coefficient (Wildman–Crippen LogP) is 2.94. The lowest BCUT2D eigenvalue weighted by atomic mass is 10.1. The second-order valence-corrected chi connectivity index (χ2v) is 4.41. The number of hydrogen-bond acceptors (Lipinski definition) is 2. The maximum Gasteiger partial charge on any atom is 0.0267 e. The molecule has 77 valence electrons. The van der Waals surface area contributed by atoms with Gasteiger partial charge in [0.15, 0.2) is 0 Å². The standard InChI is InChI=1S/C12H18NS/c1-4-12(14)11-7-5-6-10(8-11)9-13(2)3/h5-8,12,14H,1,4,9H2,2-3H3. The molecule has 1 radical (unpaired) electrons. The van der Waals surface area contributed by atoms with Gasteiger partial charge in [-0.05, 0) is 31.6 Å². The summed E-state index contributed by atoms with van der Waals surface area (Å²) < 4.78 is 0. The molecule has 0 fully saturated rings. The molecule has 0 saturated heterocycles. The average Bonchev–Trinajstić information content (AvgIpc) is 2.16. The lowest BCUT2D eigenvalue weighted by Crippen LogP contribution is -2.10. The Kier molecular flexibility index (Phi) is 4.49. The van der Waals surface area contributed by atoms with Crippen molar-refractivity contribution in [2.45, 2.75) is 18.2 Å². The molecule has 1 atom stereocenters. The Morgan fingerprint density at radius 2 is 2.14 bits per heavy atom. The van der Waals surface area contributed by atoms with E-state index in [-0.39, 0.29) is 5.25 Å². The largest absolute Gasteiger partial charge is 0.305 e. The molecule has 1 aromatic carbocycles. The van der Waals surface area contributed by atoms with Crippen LogP contribution in [-0.2, 0) is 6.54 Å². The Hall–Kier alpha value is -0.470. The van der Waals surface area contributed by atoms with Gasteiger partial charge in [0.25, 0.3) is 0 Å². The number of rotatable bonds is 4. The Labute approximate surface area is 92.5 Å². The van der Waals surface area contributed by atoms with Crippen LogP contribution in [-0.4, -0.2) is 19.0 Å². The van der Waals surface area contributed by atoms with E-state index in [9.17, 15) is 0 Å². The van der Waals surface area contributed by atoms with Crippen molar-refractivity contribution >= 4 is 12.6 Å². The van der Waals surface area contributed by atoms with Crippen molar-refractivity contribution in [2.24, 2.45) is 0 Å². The summed E-state index contributed by atoms with van der Waals surface area (Å²) in [7, 11) is 4.15. The van der Waals surface area contributed by atoms with Crippen molar-refractivity contribution < 1.29 is 0 Å². The highest BCUT2D eigenvalue weighted by Crippen LogP contribution is 2.23. The van der Waals surface area contributed by atoms with Gasteiger partial charge in [-0.25, -0.2) is 0 Å². The molecule has 0 bridgehead atoms. The minimum Gasteiger partial charge on any atom is -0.305 e. The second kappa shape index (κ2) is 5.42. The van der Waals surface area contributed by atoms with Crippen LogP contribution in [0.3, 0.4) is 0 Å². The van der Waals surface area contributed by atoms with E-state index in [2.05, 4.69) is 62.8 Å². The van der Waals surface area contributed by atoms with E-state index in [0.29, 0.717) is 0 Å². The van der Waals surface area contributed by atoms with Crippen molar-refractivity contribution in [2.75, 3.05) is 14.1 Å². The van der Waals surface area contributed by atoms with Gasteiger partial charge in [-0.2, -0.15) is 12.6 Å². The topological polar surface area (TPSA) is 3.24 Å². The molecule has 2 heteroatoms. The van der Waals surface area contributed by atoms with Crippen LogP contribution >= 0.6 is 12.6 Å². The normalized spacial score (nSPS) is 13.2. The smallest absolute Gasteiger partial charge is 0.0267 e. The summed E-state index contributed by atoms with van der Waals surface area (Å²) in [6.07, 6.45) is 0.828. The second-order valence-electron chi connectivity index (χ2n) is 3.79. The molecule has 1 unspecified atom stereocenters. The minimum absolute atomic E-state index is 0.261. The van der Waals surface area contributed by atoms with Gasteiger partial charge in [0.1, 0.15) is 0 Å². The number of thiol groups is 1. The molecule has 0 aliphatic heterocycles. The molecule has 0 heterocycles. The first-order valence-electron chi connectivity index (χ1n) is 4.84. The van der Waals surface area contributed by atoms with Crippen LogP contribution in [0.25, 0.3) is 0 Å². The van der Waals surface area contributed by atoms with E-state index in [1.54, 1.807) is 0 Å². The van der Waals surface area contributed by atoms with Gasteiger partial charge >= 0.3 is 0 Å². The zero-order valence-corrected chi connectivity index (χ0v) is 9.80. The summed E-state index contributed by atoms with van der Waals surface area (Å²) in [5, 5.41) is 0.261. The summed E-state index contributed by atoms with van der Waals surface area (Å²) in [6, 6.07) is 8.56. The first-order valence-corrected chi connectivity index (χ1v) is 5.36. The third-order valence-electron chi connectivity index (χ3n) is 2.11. The molecule has 0 spiro atoms. The van der Waals surface area contributed by atoms with Gasteiger partial charge in [-0.15, -0.1) is 0 Å².